The molecule has 3 saturated carbocycles. The van der Waals surface area contributed by atoms with Gasteiger partial charge in [0, 0.05) is 11.6 Å². The summed E-state index contributed by atoms with van der Waals surface area (Å²) in [7, 11) is 0. The van der Waals surface area contributed by atoms with Crippen molar-refractivity contribution in [2.24, 2.45) is 5.41 Å². The Hall–Kier alpha value is -3.65. The predicted octanol–water partition coefficient (Wildman–Crippen LogP) is 4.93. The number of halogens is 2. The highest BCUT2D eigenvalue weighted by atomic mass is 19.1. The van der Waals surface area contributed by atoms with Crippen molar-refractivity contribution in [1.29, 1.82) is 0 Å². The van der Waals surface area contributed by atoms with Crippen LogP contribution in [0.5, 0.6) is 5.75 Å². The van der Waals surface area contributed by atoms with E-state index in [2.05, 4.69) is 27.5 Å². The van der Waals surface area contributed by atoms with Gasteiger partial charge in [0.15, 0.2) is 6.33 Å². The van der Waals surface area contributed by atoms with Crippen molar-refractivity contribution in [3.05, 3.63) is 107 Å². The summed E-state index contributed by atoms with van der Waals surface area (Å²) in [5.74, 6) is -0.631. The van der Waals surface area contributed by atoms with Gasteiger partial charge >= 0.3 is 0 Å². The smallest absolute Gasteiger partial charge is 0.162 e. The fourth-order valence-corrected chi connectivity index (χ4v) is 6.36. The second kappa shape index (κ2) is 8.48. The summed E-state index contributed by atoms with van der Waals surface area (Å²) < 4.78 is 34.2. The molecule has 4 aromatic rings. The van der Waals surface area contributed by atoms with Crippen LogP contribution in [0.4, 0.5) is 8.78 Å². The number of aromatic nitrogens is 4. The molecule has 3 aromatic carbocycles. The van der Waals surface area contributed by atoms with Gasteiger partial charge in [-0.15, -0.1) is 10.2 Å². The van der Waals surface area contributed by atoms with Crippen LogP contribution in [0.1, 0.15) is 42.4 Å². The van der Waals surface area contributed by atoms with E-state index in [1.807, 2.05) is 42.5 Å². The highest BCUT2D eigenvalue weighted by Gasteiger charge is 2.69. The molecule has 6 nitrogen and oxygen atoms in total. The number of hydrogen-bond acceptors (Lipinski definition) is 5. The van der Waals surface area contributed by atoms with E-state index in [4.69, 9.17) is 4.74 Å². The summed E-state index contributed by atoms with van der Waals surface area (Å²) in [5.41, 5.74) is 0.810. The van der Waals surface area contributed by atoms with E-state index in [1.54, 1.807) is 0 Å². The first-order valence-electron chi connectivity index (χ1n) is 12.0. The Kier molecular flexibility index (Phi) is 5.37. The summed E-state index contributed by atoms with van der Waals surface area (Å²) in [5, 5.41) is 23.2. The number of nitrogens with zero attached hydrogens (tertiary/aromatic N) is 4. The van der Waals surface area contributed by atoms with Crippen LogP contribution in [-0.4, -0.2) is 25.3 Å². The topological polar surface area (TPSA) is 73.1 Å². The molecule has 1 heterocycles. The molecule has 0 amide bonds. The molecule has 184 valence electrons. The molecule has 0 spiro atoms. The molecule has 8 heteroatoms. The predicted molar refractivity (Wildman–Crippen MR) is 128 cm³/mol. The number of tetrazole rings is 1. The first kappa shape index (κ1) is 22.8. The summed E-state index contributed by atoms with van der Waals surface area (Å²) >= 11 is 0. The molecule has 1 N–H and O–H groups in total. The van der Waals surface area contributed by atoms with Crippen LogP contribution in [0, 0.1) is 17.0 Å². The molecule has 7 rings (SSSR count). The zero-order valence-electron chi connectivity index (χ0n) is 19.6. The molecule has 0 radical (unpaired) electrons. The largest absolute Gasteiger partial charge is 0.489 e. The lowest BCUT2D eigenvalue weighted by Crippen LogP contribution is -2.66. The summed E-state index contributed by atoms with van der Waals surface area (Å²) in [6.45, 7) is 0.464. The van der Waals surface area contributed by atoms with Gasteiger partial charge in [-0.3, -0.25) is 0 Å². The van der Waals surface area contributed by atoms with Crippen molar-refractivity contribution < 1.29 is 18.6 Å². The lowest BCUT2D eigenvalue weighted by Gasteiger charge is -2.72. The molecular weight excluding hydrogens is 462 g/mol. The lowest BCUT2D eigenvalue weighted by molar-refractivity contribution is -0.189. The van der Waals surface area contributed by atoms with Crippen LogP contribution >= 0.6 is 0 Å². The Morgan fingerprint density at radius 1 is 0.972 bits per heavy atom. The van der Waals surface area contributed by atoms with Gasteiger partial charge in [-0.1, -0.05) is 48.5 Å². The van der Waals surface area contributed by atoms with Crippen LogP contribution in [0.15, 0.2) is 79.1 Å². The molecule has 1 aromatic heterocycles. The van der Waals surface area contributed by atoms with Crippen LogP contribution < -0.4 is 4.74 Å². The highest BCUT2D eigenvalue weighted by Crippen LogP contribution is 2.76. The summed E-state index contributed by atoms with van der Waals surface area (Å²) in [6.07, 6.45) is 4.31. The minimum Gasteiger partial charge on any atom is -0.489 e. The molecule has 1 atom stereocenters. The monoisotopic (exact) mass is 488 g/mol. The van der Waals surface area contributed by atoms with Gasteiger partial charge in [-0.05, 0) is 71.1 Å². The zero-order chi connectivity index (χ0) is 24.8. The third-order valence-electron chi connectivity index (χ3n) is 7.75. The van der Waals surface area contributed by atoms with Crippen LogP contribution in [0.2, 0.25) is 0 Å². The van der Waals surface area contributed by atoms with Crippen LogP contribution in [0.25, 0.3) is 0 Å². The third kappa shape index (κ3) is 4.05. The van der Waals surface area contributed by atoms with Crippen molar-refractivity contribution in [3.8, 4) is 5.75 Å². The van der Waals surface area contributed by atoms with Gasteiger partial charge in [0.1, 0.15) is 29.6 Å². The molecule has 3 aliphatic carbocycles. The fraction of sp³-hybridized carbons (Fsp3) is 0.321. The Morgan fingerprint density at radius 3 is 2.39 bits per heavy atom. The average molecular weight is 489 g/mol. The van der Waals surface area contributed by atoms with Crippen molar-refractivity contribution >= 4 is 0 Å². The van der Waals surface area contributed by atoms with Gasteiger partial charge in [0.2, 0.25) is 0 Å². The van der Waals surface area contributed by atoms with Crippen molar-refractivity contribution in [2.45, 2.75) is 49.9 Å². The SMILES string of the molecule is OC(Cn1ncnn1)(CC12CC(c3ccc(OCc4ccccc4)cc3)(C1)C2)c1ccc(F)cc1F. The first-order chi connectivity index (χ1) is 17.4. The molecule has 2 bridgehead atoms. The lowest BCUT2D eigenvalue weighted by atomic mass is 9.32. The molecule has 36 heavy (non-hydrogen) atoms. The Bertz CT molecular complexity index is 1340. The Labute approximate surface area is 207 Å². The molecule has 0 aliphatic heterocycles. The van der Waals surface area contributed by atoms with Gasteiger partial charge < -0.3 is 9.84 Å². The van der Waals surface area contributed by atoms with Gasteiger partial charge in [0.25, 0.3) is 0 Å². The van der Waals surface area contributed by atoms with Crippen molar-refractivity contribution in [3.63, 3.8) is 0 Å². The van der Waals surface area contributed by atoms with E-state index >= 15 is 0 Å². The maximum Gasteiger partial charge on any atom is 0.162 e. The van der Waals surface area contributed by atoms with E-state index in [-0.39, 0.29) is 22.9 Å². The minimum absolute atomic E-state index is 0.0555. The Balaban J connectivity index is 1.15. The van der Waals surface area contributed by atoms with E-state index in [1.165, 1.54) is 28.8 Å². The molecule has 3 aliphatic rings. The number of ether oxygens (including phenoxy) is 1. The molecule has 0 saturated heterocycles. The fourth-order valence-electron chi connectivity index (χ4n) is 6.36. The van der Waals surface area contributed by atoms with Gasteiger partial charge in [-0.2, -0.15) is 4.80 Å². The molecular formula is C28H26F2N4O2. The number of hydrogen-bond donors (Lipinski definition) is 1. The Morgan fingerprint density at radius 2 is 1.72 bits per heavy atom. The molecule has 3 fully saturated rings. The van der Waals surface area contributed by atoms with Crippen molar-refractivity contribution in [1.82, 2.24) is 20.2 Å². The van der Waals surface area contributed by atoms with E-state index in [0.717, 1.165) is 36.6 Å². The maximum absolute atomic E-state index is 14.8. The summed E-state index contributed by atoms with van der Waals surface area (Å²) in [6, 6.07) is 21.6. The highest BCUT2D eigenvalue weighted by molar-refractivity contribution is 5.42. The third-order valence-corrected chi connectivity index (χ3v) is 7.75. The van der Waals surface area contributed by atoms with E-state index in [0.29, 0.717) is 13.0 Å². The van der Waals surface area contributed by atoms with Crippen LogP contribution in [-0.2, 0) is 24.2 Å². The number of benzene rings is 3. The maximum atomic E-state index is 14.8. The quantitative estimate of drug-likeness (QED) is 0.362. The minimum atomic E-state index is -1.58. The average Bonchev–Trinajstić information content (AvgIpc) is 3.33. The standard InChI is InChI=1S/C28H26F2N4O2/c29-22-8-11-24(25(30)12-22)28(35,18-34-32-19-31-33-34)17-26-14-27(15-26,16-26)21-6-9-23(10-7-21)36-13-20-4-2-1-3-5-20/h1-12,19,35H,13-18H2. The second-order valence-electron chi connectivity index (χ2n) is 10.4. The zero-order valence-corrected chi connectivity index (χ0v) is 19.6. The normalized spacial score (nSPS) is 23.9. The van der Waals surface area contributed by atoms with E-state index < -0.39 is 17.2 Å². The number of aliphatic hydroxyl groups is 1. The summed E-state index contributed by atoms with van der Waals surface area (Å²) in [4.78, 5) is 1.25. The van der Waals surface area contributed by atoms with Crippen molar-refractivity contribution in [2.75, 3.05) is 0 Å². The number of rotatable bonds is 9. The van der Waals surface area contributed by atoms with E-state index in [9.17, 15) is 13.9 Å². The van der Waals surface area contributed by atoms with Gasteiger partial charge in [-0.25, -0.2) is 8.78 Å². The van der Waals surface area contributed by atoms with Crippen LogP contribution in [0.3, 0.4) is 0 Å². The molecule has 1 unspecified atom stereocenters. The first-order valence-corrected chi connectivity index (χ1v) is 12.0. The second-order valence-corrected chi connectivity index (χ2v) is 10.4. The van der Waals surface area contributed by atoms with Gasteiger partial charge in [0.05, 0.1) is 6.54 Å².